The maximum atomic E-state index is 12.4. The summed E-state index contributed by atoms with van der Waals surface area (Å²) in [7, 11) is 0. The van der Waals surface area contributed by atoms with Crippen LogP contribution in [-0.2, 0) is 4.74 Å². The van der Waals surface area contributed by atoms with Crippen molar-refractivity contribution in [2.45, 2.75) is 16.2 Å². The second kappa shape index (κ2) is 10.6. The maximum Gasteiger partial charge on any atom is 0.284 e. The van der Waals surface area contributed by atoms with Crippen molar-refractivity contribution in [2.75, 3.05) is 39.4 Å². The number of hydrogen-bond acceptors (Lipinski definition) is 5. The van der Waals surface area contributed by atoms with Gasteiger partial charge in [0.05, 0.1) is 29.6 Å². The van der Waals surface area contributed by atoms with Crippen LogP contribution in [0.2, 0.25) is 5.02 Å². The molecule has 0 aromatic heterocycles. The molecule has 7 nitrogen and oxygen atoms in total. The van der Waals surface area contributed by atoms with Gasteiger partial charge in [-0.2, -0.15) is 0 Å². The van der Waals surface area contributed by atoms with Crippen molar-refractivity contribution in [3.05, 3.63) is 63.2 Å². The number of nitro groups is 1. The van der Waals surface area contributed by atoms with E-state index in [0.29, 0.717) is 16.5 Å². The van der Waals surface area contributed by atoms with Crippen molar-refractivity contribution in [1.82, 2.24) is 5.32 Å². The zero-order valence-electron chi connectivity index (χ0n) is 15.9. The fraction of sp³-hybridized carbons (Fsp3) is 0.350. The van der Waals surface area contributed by atoms with Gasteiger partial charge in [0.1, 0.15) is 13.1 Å². The van der Waals surface area contributed by atoms with E-state index in [4.69, 9.17) is 16.3 Å². The summed E-state index contributed by atoms with van der Waals surface area (Å²) < 4.78 is 5.33. The van der Waals surface area contributed by atoms with E-state index in [1.54, 1.807) is 30.3 Å². The van der Waals surface area contributed by atoms with E-state index in [2.05, 4.69) is 5.32 Å². The minimum Gasteiger partial charge on any atom is -0.370 e. The molecular weight excluding hydrogens is 414 g/mol. The largest absolute Gasteiger partial charge is 0.370 e. The molecule has 1 aliphatic heterocycles. The van der Waals surface area contributed by atoms with E-state index in [1.165, 1.54) is 22.7 Å². The molecule has 29 heavy (non-hydrogen) atoms. The Kier molecular flexibility index (Phi) is 7.88. The molecule has 1 fully saturated rings. The predicted octanol–water partition coefficient (Wildman–Crippen LogP) is 2.43. The lowest BCUT2D eigenvalue weighted by molar-refractivity contribution is -0.908. The first kappa shape index (κ1) is 21.6. The van der Waals surface area contributed by atoms with Crippen LogP contribution in [0.1, 0.15) is 16.8 Å². The maximum absolute atomic E-state index is 12.4. The molecule has 0 saturated carbocycles. The third-order valence-electron chi connectivity index (χ3n) is 4.63. The third kappa shape index (κ3) is 6.43. The molecule has 2 aromatic carbocycles. The monoisotopic (exact) mass is 436 g/mol. The van der Waals surface area contributed by atoms with E-state index >= 15 is 0 Å². The molecule has 0 radical (unpaired) electrons. The van der Waals surface area contributed by atoms with Crippen molar-refractivity contribution in [3.63, 3.8) is 0 Å². The van der Waals surface area contributed by atoms with Gasteiger partial charge in [-0.05, 0) is 30.3 Å². The Bertz CT molecular complexity index is 875. The van der Waals surface area contributed by atoms with E-state index in [-0.39, 0.29) is 17.2 Å². The average molecular weight is 437 g/mol. The number of benzene rings is 2. The number of carbonyl (C=O) groups is 1. The highest BCUT2D eigenvalue weighted by molar-refractivity contribution is 7.99. The predicted molar refractivity (Wildman–Crippen MR) is 112 cm³/mol. The summed E-state index contributed by atoms with van der Waals surface area (Å²) in [5.41, 5.74) is 0.186. The van der Waals surface area contributed by atoms with Crippen LogP contribution in [0.25, 0.3) is 0 Å². The molecule has 0 aliphatic carbocycles. The Labute approximate surface area is 178 Å². The van der Waals surface area contributed by atoms with Crippen molar-refractivity contribution >= 4 is 35.0 Å². The van der Waals surface area contributed by atoms with Crippen LogP contribution in [0.5, 0.6) is 0 Å². The number of carbonyl (C=O) groups excluding carboxylic acids is 1. The normalized spacial score (nSPS) is 14.5. The highest BCUT2D eigenvalue weighted by Gasteiger charge is 2.19. The van der Waals surface area contributed by atoms with Gasteiger partial charge in [-0.15, -0.1) is 0 Å². The molecule has 1 aliphatic rings. The van der Waals surface area contributed by atoms with Gasteiger partial charge in [-0.25, -0.2) is 0 Å². The molecule has 0 bridgehead atoms. The van der Waals surface area contributed by atoms with Gasteiger partial charge in [-0.3, -0.25) is 14.9 Å². The van der Waals surface area contributed by atoms with Gasteiger partial charge in [0.15, 0.2) is 0 Å². The zero-order chi connectivity index (χ0) is 20.6. The highest BCUT2D eigenvalue weighted by atomic mass is 35.5. The van der Waals surface area contributed by atoms with Crippen molar-refractivity contribution in [1.29, 1.82) is 0 Å². The van der Waals surface area contributed by atoms with Gasteiger partial charge >= 0.3 is 0 Å². The number of hydrogen-bond donors (Lipinski definition) is 2. The number of rotatable bonds is 8. The van der Waals surface area contributed by atoms with Crippen molar-refractivity contribution < 1.29 is 19.4 Å². The smallest absolute Gasteiger partial charge is 0.284 e. The quantitative estimate of drug-likeness (QED) is 0.377. The first-order valence-electron chi connectivity index (χ1n) is 9.44. The van der Waals surface area contributed by atoms with Crippen LogP contribution in [-0.4, -0.2) is 50.2 Å². The Morgan fingerprint density at radius 2 is 2.03 bits per heavy atom. The minimum absolute atomic E-state index is 0.0969. The van der Waals surface area contributed by atoms with Crippen LogP contribution in [0, 0.1) is 10.1 Å². The van der Waals surface area contributed by atoms with Gasteiger partial charge < -0.3 is 15.0 Å². The number of quaternary nitrogens is 1. The minimum atomic E-state index is -0.467. The Morgan fingerprint density at radius 1 is 1.24 bits per heavy atom. The molecule has 1 amide bonds. The number of amides is 1. The number of morpholine rings is 1. The summed E-state index contributed by atoms with van der Waals surface area (Å²) in [6.45, 7) is 5.06. The summed E-state index contributed by atoms with van der Waals surface area (Å²) in [6.07, 6.45) is 0.853. The Balaban J connectivity index is 1.59. The summed E-state index contributed by atoms with van der Waals surface area (Å²) in [5, 5.41) is 14.9. The molecule has 2 N–H and O–H groups in total. The number of nitrogens with zero attached hydrogens (tertiary/aromatic N) is 1. The molecule has 0 unspecified atom stereocenters. The van der Waals surface area contributed by atoms with Crippen molar-refractivity contribution in [2.24, 2.45) is 0 Å². The molecule has 3 rings (SSSR count). The molecule has 2 aromatic rings. The van der Waals surface area contributed by atoms with Crippen LogP contribution < -0.4 is 10.2 Å². The van der Waals surface area contributed by atoms with Gasteiger partial charge in [0.25, 0.3) is 11.6 Å². The van der Waals surface area contributed by atoms with Gasteiger partial charge in [0.2, 0.25) is 0 Å². The first-order valence-corrected chi connectivity index (χ1v) is 10.6. The standard InChI is InChI=1S/C20H22ClN3O4S/c21-16-3-1-4-17(14-16)29-19-6-5-15(13-18(19)24(26)27)20(25)22-7-2-8-23-9-11-28-12-10-23/h1,3-6,13-14H,2,7-12H2,(H,22,25)/p+1. The molecule has 9 heteroatoms. The highest BCUT2D eigenvalue weighted by Crippen LogP contribution is 2.36. The molecule has 154 valence electrons. The first-order chi connectivity index (χ1) is 14.0. The molecule has 0 spiro atoms. The summed E-state index contributed by atoms with van der Waals surface area (Å²) >= 11 is 7.23. The molecule has 1 heterocycles. The van der Waals surface area contributed by atoms with Crippen LogP contribution >= 0.6 is 23.4 Å². The fourth-order valence-electron chi connectivity index (χ4n) is 3.10. The van der Waals surface area contributed by atoms with Crippen LogP contribution in [0.15, 0.2) is 52.3 Å². The third-order valence-corrected chi connectivity index (χ3v) is 5.92. The second-order valence-corrected chi connectivity index (χ2v) is 8.27. The summed E-state index contributed by atoms with van der Waals surface area (Å²) in [6, 6.07) is 11.7. The lowest BCUT2D eigenvalue weighted by Gasteiger charge is -2.23. The zero-order valence-corrected chi connectivity index (χ0v) is 17.4. The van der Waals surface area contributed by atoms with E-state index in [1.807, 2.05) is 6.07 Å². The number of nitro benzene ring substituents is 1. The summed E-state index contributed by atoms with van der Waals surface area (Å²) in [4.78, 5) is 26.2. The fourth-order valence-corrected chi connectivity index (χ4v) is 4.31. The molecule has 0 atom stereocenters. The van der Waals surface area contributed by atoms with Crippen molar-refractivity contribution in [3.8, 4) is 0 Å². The van der Waals surface area contributed by atoms with E-state index in [0.717, 1.165) is 44.2 Å². The van der Waals surface area contributed by atoms with Crippen LogP contribution in [0.3, 0.4) is 0 Å². The molecular formula is C20H23ClN3O4S+. The van der Waals surface area contributed by atoms with E-state index < -0.39 is 4.92 Å². The molecule has 1 saturated heterocycles. The Morgan fingerprint density at radius 3 is 2.76 bits per heavy atom. The lowest BCUT2D eigenvalue weighted by Crippen LogP contribution is -3.14. The lowest BCUT2D eigenvalue weighted by atomic mass is 10.2. The summed E-state index contributed by atoms with van der Waals surface area (Å²) in [5.74, 6) is -0.301. The van der Waals surface area contributed by atoms with E-state index in [9.17, 15) is 14.9 Å². The number of ether oxygens (including phenoxy) is 1. The second-order valence-electron chi connectivity index (χ2n) is 6.72. The number of nitrogens with one attached hydrogen (secondary N) is 2. The van der Waals surface area contributed by atoms with Gasteiger partial charge in [-0.1, -0.05) is 29.4 Å². The van der Waals surface area contributed by atoms with Gasteiger partial charge in [0, 0.05) is 34.5 Å². The topological polar surface area (TPSA) is 85.9 Å². The Hall–Kier alpha value is -2.13. The SMILES string of the molecule is O=C(NCCC[NH+]1CCOCC1)c1ccc(Sc2cccc(Cl)c2)c([N+](=O)[O-])c1. The number of halogens is 1. The van der Waals surface area contributed by atoms with Crippen LogP contribution in [0.4, 0.5) is 5.69 Å². The average Bonchev–Trinajstić information content (AvgIpc) is 2.72.